The third-order valence-corrected chi connectivity index (χ3v) is 4.65. The molecule has 4 rings (SSSR count). The number of benzene rings is 2. The molecule has 150 valence electrons. The molecule has 2 aromatic carbocycles. The summed E-state index contributed by atoms with van der Waals surface area (Å²) in [5.74, 6) is -4.07. The van der Waals surface area contributed by atoms with E-state index in [-0.39, 0.29) is 24.6 Å². The van der Waals surface area contributed by atoms with Crippen LogP contribution in [-0.4, -0.2) is 41.0 Å². The number of ether oxygens (including phenoxy) is 1. The van der Waals surface area contributed by atoms with Crippen molar-refractivity contribution in [2.45, 2.75) is 11.5 Å². The fourth-order valence-corrected chi connectivity index (χ4v) is 2.87. The van der Waals surface area contributed by atoms with Gasteiger partial charge in [-0.1, -0.05) is 47.6 Å². The lowest BCUT2D eigenvalue weighted by Crippen LogP contribution is -2.45. The molecule has 1 aliphatic rings. The quantitative estimate of drug-likeness (QED) is 0.616. The SMILES string of the molecule is O=C(N[C@](F)(CO)c1nc(-c2ccc(C3(F)COC3)cc2)no1)c1ccccc1. The molecule has 29 heavy (non-hydrogen) atoms. The molecule has 3 aromatic rings. The highest BCUT2D eigenvalue weighted by Gasteiger charge is 2.41. The minimum Gasteiger partial charge on any atom is -0.390 e. The number of hydrogen-bond donors (Lipinski definition) is 2. The summed E-state index contributed by atoms with van der Waals surface area (Å²) in [5.41, 5.74) is -0.379. The predicted molar refractivity (Wildman–Crippen MR) is 97.1 cm³/mol. The Kier molecular flexibility index (Phi) is 4.85. The molecule has 0 radical (unpaired) electrons. The zero-order valence-corrected chi connectivity index (χ0v) is 15.1. The van der Waals surface area contributed by atoms with Crippen LogP contribution in [0.2, 0.25) is 0 Å². The molecular formula is C20H17F2N3O4. The van der Waals surface area contributed by atoms with Crippen LogP contribution in [0.3, 0.4) is 0 Å². The van der Waals surface area contributed by atoms with E-state index >= 15 is 4.39 Å². The third kappa shape index (κ3) is 3.62. The van der Waals surface area contributed by atoms with E-state index in [1.54, 1.807) is 42.5 Å². The van der Waals surface area contributed by atoms with E-state index in [0.717, 1.165) is 0 Å². The average molecular weight is 401 g/mol. The number of aromatic nitrogens is 2. The monoisotopic (exact) mass is 401 g/mol. The van der Waals surface area contributed by atoms with E-state index in [2.05, 4.69) is 15.5 Å². The van der Waals surface area contributed by atoms with Gasteiger partial charge in [0, 0.05) is 11.1 Å². The Labute approximate surface area is 164 Å². The maximum atomic E-state index is 15.2. The molecule has 0 aliphatic carbocycles. The first kappa shape index (κ1) is 19.2. The van der Waals surface area contributed by atoms with Gasteiger partial charge < -0.3 is 19.7 Å². The van der Waals surface area contributed by atoms with Crippen molar-refractivity contribution in [2.24, 2.45) is 0 Å². The molecular weight excluding hydrogens is 384 g/mol. The largest absolute Gasteiger partial charge is 0.390 e. The summed E-state index contributed by atoms with van der Waals surface area (Å²) >= 11 is 0. The number of hydrogen-bond acceptors (Lipinski definition) is 6. The van der Waals surface area contributed by atoms with E-state index in [1.165, 1.54) is 12.1 Å². The van der Waals surface area contributed by atoms with Crippen molar-refractivity contribution in [3.8, 4) is 11.4 Å². The molecule has 1 atom stereocenters. The van der Waals surface area contributed by atoms with Crippen LogP contribution in [0.15, 0.2) is 59.1 Å². The Hall–Kier alpha value is -3.17. The summed E-state index contributed by atoms with van der Waals surface area (Å²) in [6.45, 7) is -1.10. The van der Waals surface area contributed by atoms with Crippen LogP contribution < -0.4 is 5.32 Å². The lowest BCUT2D eigenvalue weighted by molar-refractivity contribution is -0.135. The molecule has 0 bridgehead atoms. The first-order valence-electron chi connectivity index (χ1n) is 8.83. The number of alkyl halides is 2. The number of nitrogens with one attached hydrogen (secondary N) is 1. The highest BCUT2D eigenvalue weighted by atomic mass is 19.1. The van der Waals surface area contributed by atoms with Crippen molar-refractivity contribution in [2.75, 3.05) is 19.8 Å². The van der Waals surface area contributed by atoms with Crippen LogP contribution in [0, 0.1) is 0 Å². The second-order valence-corrected chi connectivity index (χ2v) is 6.74. The Bertz CT molecular complexity index is 1010. The highest BCUT2D eigenvalue weighted by Crippen LogP contribution is 2.34. The number of carbonyl (C=O) groups is 1. The fourth-order valence-electron chi connectivity index (χ4n) is 2.87. The lowest BCUT2D eigenvalue weighted by atomic mass is 9.93. The zero-order chi connectivity index (χ0) is 20.5. The lowest BCUT2D eigenvalue weighted by Gasteiger charge is -2.34. The normalized spacial score (nSPS) is 17.2. The maximum absolute atomic E-state index is 15.2. The fraction of sp³-hybridized carbons (Fsp3) is 0.250. The van der Waals surface area contributed by atoms with Crippen LogP contribution >= 0.6 is 0 Å². The molecule has 0 unspecified atom stereocenters. The summed E-state index contributed by atoms with van der Waals surface area (Å²) < 4.78 is 39.3. The topological polar surface area (TPSA) is 97.5 Å². The molecule has 1 aromatic heterocycles. The minimum atomic E-state index is -2.76. The summed E-state index contributed by atoms with van der Waals surface area (Å²) in [6.07, 6.45) is 0. The number of aliphatic hydroxyl groups excluding tert-OH is 1. The van der Waals surface area contributed by atoms with Gasteiger partial charge in [-0.2, -0.15) is 4.98 Å². The number of nitrogens with zero attached hydrogens (tertiary/aromatic N) is 2. The number of halogens is 2. The van der Waals surface area contributed by atoms with Crippen LogP contribution in [0.25, 0.3) is 11.4 Å². The minimum absolute atomic E-state index is 0.000683. The summed E-state index contributed by atoms with van der Waals surface area (Å²) in [4.78, 5) is 16.2. The number of rotatable bonds is 6. The van der Waals surface area contributed by atoms with Crippen molar-refractivity contribution in [3.05, 3.63) is 71.6 Å². The predicted octanol–water partition coefficient (Wildman–Crippen LogP) is 2.48. The van der Waals surface area contributed by atoms with Crippen LogP contribution in [0.1, 0.15) is 21.8 Å². The first-order valence-corrected chi connectivity index (χ1v) is 8.83. The van der Waals surface area contributed by atoms with Crippen LogP contribution in [-0.2, 0) is 16.2 Å². The molecule has 1 saturated heterocycles. The number of carbonyl (C=O) groups excluding carboxylic acids is 1. The van der Waals surface area contributed by atoms with Crippen LogP contribution in [0.5, 0.6) is 0 Å². The highest BCUT2D eigenvalue weighted by molar-refractivity contribution is 5.94. The molecule has 1 amide bonds. The van der Waals surface area contributed by atoms with E-state index in [9.17, 15) is 14.3 Å². The van der Waals surface area contributed by atoms with Crippen molar-refractivity contribution in [1.82, 2.24) is 15.5 Å². The molecule has 9 heteroatoms. The summed E-state index contributed by atoms with van der Waals surface area (Å²) in [6, 6.07) is 14.2. The maximum Gasteiger partial charge on any atom is 0.288 e. The van der Waals surface area contributed by atoms with Gasteiger partial charge >= 0.3 is 0 Å². The summed E-state index contributed by atoms with van der Waals surface area (Å²) in [7, 11) is 0. The molecule has 0 saturated carbocycles. The van der Waals surface area contributed by atoms with Crippen molar-refractivity contribution >= 4 is 5.91 Å². The second kappa shape index (κ2) is 7.34. The van der Waals surface area contributed by atoms with Gasteiger partial charge in [-0.05, 0) is 17.7 Å². The van der Waals surface area contributed by atoms with Crippen molar-refractivity contribution in [1.29, 1.82) is 0 Å². The Morgan fingerprint density at radius 3 is 2.45 bits per heavy atom. The van der Waals surface area contributed by atoms with Gasteiger partial charge in [0.05, 0.1) is 13.2 Å². The molecule has 1 fully saturated rings. The summed E-state index contributed by atoms with van der Waals surface area (Å²) in [5, 5.41) is 15.3. The molecule has 2 heterocycles. The van der Waals surface area contributed by atoms with Gasteiger partial charge in [0.2, 0.25) is 5.82 Å². The molecule has 7 nitrogen and oxygen atoms in total. The van der Waals surface area contributed by atoms with Gasteiger partial charge in [0.1, 0.15) is 6.61 Å². The third-order valence-electron chi connectivity index (χ3n) is 4.65. The number of amides is 1. The van der Waals surface area contributed by atoms with Gasteiger partial charge in [-0.25, -0.2) is 8.78 Å². The van der Waals surface area contributed by atoms with E-state index in [0.29, 0.717) is 11.1 Å². The van der Waals surface area contributed by atoms with Gasteiger partial charge in [-0.3, -0.25) is 4.79 Å². The van der Waals surface area contributed by atoms with E-state index in [1.807, 2.05) is 0 Å². The van der Waals surface area contributed by atoms with E-state index in [4.69, 9.17) is 9.26 Å². The number of aliphatic hydroxyl groups is 1. The van der Waals surface area contributed by atoms with Crippen molar-refractivity contribution in [3.63, 3.8) is 0 Å². The van der Waals surface area contributed by atoms with E-state index < -0.39 is 29.9 Å². The first-order chi connectivity index (χ1) is 13.9. The second-order valence-electron chi connectivity index (χ2n) is 6.74. The zero-order valence-electron chi connectivity index (χ0n) is 15.1. The molecule has 0 spiro atoms. The Balaban J connectivity index is 1.54. The molecule has 2 N–H and O–H groups in total. The van der Waals surface area contributed by atoms with Gasteiger partial charge in [0.15, 0.2) is 5.67 Å². The average Bonchev–Trinajstić information content (AvgIpc) is 3.24. The smallest absolute Gasteiger partial charge is 0.288 e. The van der Waals surface area contributed by atoms with Gasteiger partial charge in [0.25, 0.3) is 17.6 Å². The molecule has 1 aliphatic heterocycles. The van der Waals surface area contributed by atoms with Gasteiger partial charge in [-0.15, -0.1) is 0 Å². The van der Waals surface area contributed by atoms with Crippen LogP contribution in [0.4, 0.5) is 8.78 Å². The Morgan fingerprint density at radius 2 is 1.86 bits per heavy atom. The Morgan fingerprint density at radius 1 is 1.17 bits per heavy atom. The standard InChI is InChI=1S/C20H17F2N3O4/c21-19(11-28-12-19)15-8-6-13(7-9-15)16-23-18(29-25-16)20(22,10-26)24-17(27)14-4-2-1-3-5-14/h1-9,26H,10-12H2,(H,24,27)/t20-/m1/s1. The van der Waals surface area contributed by atoms with Crippen molar-refractivity contribution < 1.29 is 27.9 Å².